The number of hydrogen-bond donors (Lipinski definition) is 1. The van der Waals surface area contributed by atoms with E-state index in [1.54, 1.807) is 0 Å². The molecular weight excluding hydrogens is 248 g/mol. The lowest BCUT2D eigenvalue weighted by Crippen LogP contribution is -2.36. The van der Waals surface area contributed by atoms with Crippen molar-refractivity contribution >= 4 is 33.9 Å². The molecule has 0 radical (unpaired) electrons. The van der Waals surface area contributed by atoms with Crippen LogP contribution in [0.25, 0.3) is 0 Å². The summed E-state index contributed by atoms with van der Waals surface area (Å²) in [7, 11) is 0. The molecule has 4 heteroatoms. The molecule has 0 saturated heterocycles. The van der Waals surface area contributed by atoms with Crippen molar-refractivity contribution in [2.45, 2.75) is 44.7 Å². The summed E-state index contributed by atoms with van der Waals surface area (Å²) in [5, 5.41) is 4.70. The molecule has 2 nitrogen and oxygen atoms in total. The van der Waals surface area contributed by atoms with Crippen molar-refractivity contribution in [2.75, 3.05) is 5.75 Å². The maximum atomic E-state index is 4.67. The smallest absolute Gasteiger partial charge is 0.157 e. The highest BCUT2D eigenvalue weighted by Gasteiger charge is 2.30. The van der Waals surface area contributed by atoms with Crippen LogP contribution in [0.2, 0.25) is 0 Å². The summed E-state index contributed by atoms with van der Waals surface area (Å²) >= 11 is 1.84. The minimum absolute atomic E-state index is 0. The van der Waals surface area contributed by atoms with Gasteiger partial charge in [0, 0.05) is 0 Å². The molecular formula is C9H17BrN2S. The van der Waals surface area contributed by atoms with Crippen LogP contribution in [-0.4, -0.2) is 23.0 Å². The Bertz CT molecular complexity index is 196. The van der Waals surface area contributed by atoms with Crippen LogP contribution in [-0.2, 0) is 0 Å². The van der Waals surface area contributed by atoms with Gasteiger partial charge in [-0.1, -0.05) is 31.5 Å². The molecule has 76 valence electrons. The van der Waals surface area contributed by atoms with E-state index in [1.807, 2.05) is 11.8 Å². The molecule has 1 aliphatic carbocycles. The van der Waals surface area contributed by atoms with E-state index < -0.39 is 0 Å². The highest BCUT2D eigenvalue weighted by Crippen LogP contribution is 2.26. The Hall–Kier alpha value is 0.300. The molecule has 0 amide bonds. The molecule has 1 N–H and O–H groups in total. The van der Waals surface area contributed by atoms with Crippen LogP contribution in [0.15, 0.2) is 4.99 Å². The van der Waals surface area contributed by atoms with Crippen LogP contribution in [0.3, 0.4) is 0 Å². The number of amidine groups is 1. The van der Waals surface area contributed by atoms with Crippen LogP contribution in [0.5, 0.6) is 0 Å². The first-order chi connectivity index (χ1) is 5.90. The molecule has 1 aliphatic heterocycles. The van der Waals surface area contributed by atoms with Gasteiger partial charge in [0.15, 0.2) is 5.17 Å². The zero-order valence-corrected chi connectivity index (χ0v) is 10.5. The van der Waals surface area contributed by atoms with Gasteiger partial charge >= 0.3 is 0 Å². The zero-order chi connectivity index (χ0) is 8.39. The standard InChI is InChI=1S/C9H16N2S.BrH/c1-2-12-9-10-7-5-3-4-6-8(7)11-9;/h7-8H,2-6H2,1H3,(H,10,11);1H. The Balaban J connectivity index is 0.000000845. The highest BCUT2D eigenvalue weighted by atomic mass is 79.9. The molecule has 0 aromatic rings. The van der Waals surface area contributed by atoms with Crippen molar-refractivity contribution in [3.8, 4) is 0 Å². The largest absolute Gasteiger partial charge is 0.360 e. The molecule has 2 rings (SSSR count). The third-order valence-electron chi connectivity index (χ3n) is 2.60. The second-order valence-electron chi connectivity index (χ2n) is 3.47. The van der Waals surface area contributed by atoms with Crippen molar-refractivity contribution in [3.05, 3.63) is 0 Å². The number of aliphatic imine (C=N–C) groups is 1. The van der Waals surface area contributed by atoms with E-state index in [2.05, 4.69) is 17.2 Å². The van der Waals surface area contributed by atoms with Crippen LogP contribution < -0.4 is 5.32 Å². The predicted molar refractivity (Wildman–Crippen MR) is 65.1 cm³/mol. The van der Waals surface area contributed by atoms with Gasteiger partial charge in [0.25, 0.3) is 0 Å². The van der Waals surface area contributed by atoms with Gasteiger partial charge in [-0.3, -0.25) is 4.99 Å². The number of rotatable bonds is 1. The minimum Gasteiger partial charge on any atom is -0.360 e. The van der Waals surface area contributed by atoms with Gasteiger partial charge in [-0.2, -0.15) is 0 Å². The third-order valence-corrected chi connectivity index (χ3v) is 3.39. The molecule has 13 heavy (non-hydrogen) atoms. The molecule has 0 aromatic heterocycles. The average Bonchev–Trinajstić information content (AvgIpc) is 2.47. The van der Waals surface area contributed by atoms with Crippen molar-refractivity contribution in [1.82, 2.24) is 5.32 Å². The van der Waals surface area contributed by atoms with Gasteiger partial charge in [-0.05, 0) is 18.6 Å². The molecule has 0 bridgehead atoms. The molecule has 2 atom stereocenters. The van der Waals surface area contributed by atoms with Crippen LogP contribution >= 0.6 is 28.7 Å². The summed E-state index contributed by atoms with van der Waals surface area (Å²) in [5.41, 5.74) is 0. The molecule has 1 saturated carbocycles. The van der Waals surface area contributed by atoms with Crippen molar-refractivity contribution < 1.29 is 0 Å². The van der Waals surface area contributed by atoms with Gasteiger partial charge in [-0.15, -0.1) is 17.0 Å². The average molecular weight is 265 g/mol. The van der Waals surface area contributed by atoms with Gasteiger partial charge in [0.2, 0.25) is 0 Å². The topological polar surface area (TPSA) is 24.4 Å². The highest BCUT2D eigenvalue weighted by molar-refractivity contribution is 8.93. The Morgan fingerprint density at radius 2 is 2.23 bits per heavy atom. The van der Waals surface area contributed by atoms with E-state index in [0.717, 1.165) is 5.75 Å². The maximum absolute atomic E-state index is 4.67. The van der Waals surface area contributed by atoms with Crippen molar-refractivity contribution in [1.29, 1.82) is 0 Å². The lowest BCUT2D eigenvalue weighted by molar-refractivity contribution is 0.385. The molecule has 1 heterocycles. The summed E-state index contributed by atoms with van der Waals surface area (Å²) in [6.45, 7) is 2.18. The summed E-state index contributed by atoms with van der Waals surface area (Å²) < 4.78 is 0. The first-order valence-corrected chi connectivity index (χ1v) is 5.86. The predicted octanol–water partition coefficient (Wildman–Crippen LogP) is 2.59. The Kier molecular flexibility index (Phi) is 4.59. The van der Waals surface area contributed by atoms with E-state index >= 15 is 0 Å². The normalized spacial score (nSPS) is 31.3. The summed E-state index contributed by atoms with van der Waals surface area (Å²) in [4.78, 5) is 4.67. The van der Waals surface area contributed by atoms with E-state index in [4.69, 9.17) is 0 Å². The van der Waals surface area contributed by atoms with Gasteiger partial charge in [-0.25, -0.2) is 0 Å². The fraction of sp³-hybridized carbons (Fsp3) is 0.889. The van der Waals surface area contributed by atoms with Crippen molar-refractivity contribution in [3.63, 3.8) is 0 Å². The quantitative estimate of drug-likeness (QED) is 0.788. The Morgan fingerprint density at radius 3 is 2.92 bits per heavy atom. The van der Waals surface area contributed by atoms with Gasteiger partial charge in [0.05, 0.1) is 12.1 Å². The van der Waals surface area contributed by atoms with Crippen molar-refractivity contribution in [2.24, 2.45) is 4.99 Å². The fourth-order valence-electron chi connectivity index (χ4n) is 2.00. The van der Waals surface area contributed by atoms with Crippen LogP contribution in [0.1, 0.15) is 32.6 Å². The third kappa shape index (κ3) is 2.62. The maximum Gasteiger partial charge on any atom is 0.157 e. The number of nitrogens with one attached hydrogen (secondary N) is 1. The molecule has 2 aliphatic rings. The number of fused-ring (bicyclic) bond motifs is 1. The molecule has 0 spiro atoms. The van der Waals surface area contributed by atoms with E-state index in [1.165, 1.54) is 30.9 Å². The number of thioether (sulfide) groups is 1. The lowest BCUT2D eigenvalue weighted by atomic mass is 9.92. The Morgan fingerprint density at radius 1 is 1.46 bits per heavy atom. The molecule has 2 unspecified atom stereocenters. The van der Waals surface area contributed by atoms with Gasteiger partial charge in [0.1, 0.15) is 0 Å². The number of hydrogen-bond acceptors (Lipinski definition) is 3. The first kappa shape index (κ1) is 11.4. The van der Waals surface area contributed by atoms with E-state index in [-0.39, 0.29) is 17.0 Å². The van der Waals surface area contributed by atoms with Crippen LogP contribution in [0.4, 0.5) is 0 Å². The second kappa shape index (κ2) is 5.25. The minimum atomic E-state index is 0. The summed E-state index contributed by atoms with van der Waals surface area (Å²) in [6.07, 6.45) is 5.37. The Labute approximate surface area is 94.7 Å². The SMILES string of the molecule is Br.CCSC1=NC2CCCCC2N1. The molecule has 1 fully saturated rings. The first-order valence-electron chi connectivity index (χ1n) is 4.87. The molecule has 0 aromatic carbocycles. The monoisotopic (exact) mass is 264 g/mol. The van der Waals surface area contributed by atoms with Gasteiger partial charge < -0.3 is 5.32 Å². The van der Waals surface area contributed by atoms with E-state index in [0.29, 0.717) is 12.1 Å². The summed E-state index contributed by atoms with van der Waals surface area (Å²) in [6, 6.07) is 1.28. The fourth-order valence-corrected chi connectivity index (χ4v) is 2.71. The number of halogens is 1. The zero-order valence-electron chi connectivity index (χ0n) is 7.95. The second-order valence-corrected chi connectivity index (χ2v) is 4.72. The van der Waals surface area contributed by atoms with E-state index in [9.17, 15) is 0 Å². The van der Waals surface area contributed by atoms with Crippen LogP contribution in [0, 0.1) is 0 Å². The summed E-state index contributed by atoms with van der Waals surface area (Å²) in [5.74, 6) is 1.13. The lowest BCUT2D eigenvalue weighted by Gasteiger charge is -2.22. The number of nitrogens with zero attached hydrogens (tertiary/aromatic N) is 1.